The molecule has 0 bridgehead atoms. The van der Waals surface area contributed by atoms with E-state index in [1.807, 2.05) is 45.3 Å². The molecule has 4 nitrogen and oxygen atoms in total. The zero-order chi connectivity index (χ0) is 22.6. The van der Waals surface area contributed by atoms with Gasteiger partial charge < -0.3 is 18.0 Å². The van der Waals surface area contributed by atoms with Gasteiger partial charge in [-0.15, -0.1) is 45.3 Å². The Kier molecular flexibility index (Phi) is 3.11. The molecule has 166 valence electrons. The molecule has 8 heterocycles. The minimum atomic E-state index is 1.01. The SMILES string of the molecule is Cc1cc2c(s1)c1oc3c4cc5sc6c(oc7c8sc(C)cc8n(C)c76)c5cc4sc3c1n2C. The molecule has 0 aliphatic carbocycles. The number of benzene rings is 1. The number of aromatic nitrogens is 2. The van der Waals surface area contributed by atoms with Gasteiger partial charge >= 0.3 is 0 Å². The first-order chi connectivity index (χ1) is 16.5. The van der Waals surface area contributed by atoms with Crippen LogP contribution in [0.1, 0.15) is 9.75 Å². The fourth-order valence-corrected chi connectivity index (χ4v) is 10.2. The van der Waals surface area contributed by atoms with Crippen molar-refractivity contribution in [3.63, 3.8) is 0 Å². The lowest BCUT2D eigenvalue weighted by atomic mass is 10.2. The van der Waals surface area contributed by atoms with Crippen LogP contribution in [0.2, 0.25) is 0 Å². The molecule has 0 radical (unpaired) electrons. The van der Waals surface area contributed by atoms with E-state index in [4.69, 9.17) is 8.83 Å². The Balaban J connectivity index is 1.40. The highest BCUT2D eigenvalue weighted by Gasteiger charge is 2.25. The predicted molar refractivity (Wildman–Crippen MR) is 150 cm³/mol. The number of nitrogens with zero attached hydrogens (tertiary/aromatic N) is 2. The number of thiophene rings is 4. The molecule has 9 aromatic rings. The van der Waals surface area contributed by atoms with Crippen molar-refractivity contribution in [3.8, 4) is 0 Å². The highest BCUT2D eigenvalue weighted by atomic mass is 32.1. The minimum Gasteiger partial charge on any atom is -0.451 e. The van der Waals surface area contributed by atoms with Crippen molar-refractivity contribution < 1.29 is 8.83 Å². The Morgan fingerprint density at radius 2 is 1.00 bits per heavy atom. The van der Waals surface area contributed by atoms with Gasteiger partial charge in [-0.25, -0.2) is 0 Å². The molecule has 34 heavy (non-hydrogen) atoms. The lowest BCUT2D eigenvalue weighted by Crippen LogP contribution is -1.83. The van der Waals surface area contributed by atoms with E-state index in [1.54, 1.807) is 0 Å². The Morgan fingerprint density at radius 3 is 1.44 bits per heavy atom. The average molecular weight is 517 g/mol. The predicted octanol–water partition coefficient (Wildman–Crippen LogP) is 9.64. The Bertz CT molecular complexity index is 2170. The number of hydrogen-bond acceptors (Lipinski definition) is 6. The molecular formula is C26H16N2O2S4. The zero-order valence-corrected chi connectivity index (χ0v) is 21.9. The largest absolute Gasteiger partial charge is 0.451 e. The summed E-state index contributed by atoms with van der Waals surface area (Å²) in [5.74, 6) is 0. The lowest BCUT2D eigenvalue weighted by Gasteiger charge is -1.92. The number of rotatable bonds is 0. The maximum atomic E-state index is 6.57. The van der Waals surface area contributed by atoms with Crippen molar-refractivity contribution in [3.05, 3.63) is 34.0 Å². The second kappa shape index (κ2) is 5.71. The van der Waals surface area contributed by atoms with Gasteiger partial charge in [-0.05, 0) is 38.1 Å². The zero-order valence-electron chi connectivity index (χ0n) is 18.7. The van der Waals surface area contributed by atoms with E-state index in [-0.39, 0.29) is 0 Å². The molecule has 8 aromatic heterocycles. The summed E-state index contributed by atoms with van der Waals surface area (Å²) in [5.41, 5.74) is 9.03. The second-order valence-electron chi connectivity index (χ2n) is 9.19. The molecule has 0 saturated carbocycles. The Morgan fingerprint density at radius 1 is 0.559 bits per heavy atom. The third-order valence-corrected chi connectivity index (χ3v) is 11.5. The summed E-state index contributed by atoms with van der Waals surface area (Å²) in [6, 6.07) is 9.14. The highest BCUT2D eigenvalue weighted by molar-refractivity contribution is 7.28. The monoisotopic (exact) mass is 516 g/mol. The summed E-state index contributed by atoms with van der Waals surface area (Å²) in [4.78, 5) is 2.63. The molecule has 0 aliphatic heterocycles. The van der Waals surface area contributed by atoms with E-state index >= 15 is 0 Å². The third kappa shape index (κ3) is 1.95. The number of fused-ring (bicyclic) bond motifs is 14. The third-order valence-electron chi connectivity index (χ3n) is 7.15. The van der Waals surface area contributed by atoms with E-state index in [0.29, 0.717) is 0 Å². The highest BCUT2D eigenvalue weighted by Crippen LogP contribution is 2.50. The van der Waals surface area contributed by atoms with Gasteiger partial charge in [-0.3, -0.25) is 0 Å². The summed E-state index contributed by atoms with van der Waals surface area (Å²) in [5, 5.41) is 2.41. The molecule has 0 saturated heterocycles. The fraction of sp³-hybridized carbons (Fsp3) is 0.154. The normalized spacial score (nSPS) is 13.3. The van der Waals surface area contributed by atoms with E-state index < -0.39 is 0 Å². The van der Waals surface area contributed by atoms with Crippen LogP contribution in [0.25, 0.3) is 83.4 Å². The first-order valence-corrected chi connectivity index (χ1v) is 14.3. The smallest absolute Gasteiger partial charge is 0.172 e. The molecule has 0 spiro atoms. The van der Waals surface area contributed by atoms with Crippen LogP contribution in [0.5, 0.6) is 0 Å². The Hall–Kier alpha value is -2.78. The second-order valence-corrected chi connectivity index (χ2v) is 13.8. The molecule has 0 fully saturated rings. The van der Waals surface area contributed by atoms with Gasteiger partial charge in [0.1, 0.15) is 11.0 Å². The standard InChI is InChI=1S/C26H16N2O2S4/c1-9-5-13-23(31-9)21-17(27(13)3)25-19(29-21)11-7-16-12(8-15(11)33-25)20-26(34-16)18-22(30-20)24-14(28(18)4)6-10(2)32-24/h5-8H,1-4H3. The van der Waals surface area contributed by atoms with E-state index in [9.17, 15) is 0 Å². The molecular weight excluding hydrogens is 501 g/mol. The molecule has 0 unspecified atom stereocenters. The van der Waals surface area contributed by atoms with Crippen LogP contribution in [0.15, 0.2) is 33.1 Å². The van der Waals surface area contributed by atoms with Crippen LogP contribution in [-0.2, 0) is 14.1 Å². The fourth-order valence-electron chi connectivity index (χ4n) is 5.65. The molecule has 0 amide bonds. The topological polar surface area (TPSA) is 36.1 Å². The first kappa shape index (κ1) is 18.5. The van der Waals surface area contributed by atoms with Crippen LogP contribution in [0.4, 0.5) is 0 Å². The maximum Gasteiger partial charge on any atom is 0.172 e. The van der Waals surface area contributed by atoms with Gasteiger partial charge in [0.15, 0.2) is 22.3 Å². The van der Waals surface area contributed by atoms with E-state index in [1.165, 1.54) is 70.8 Å². The molecule has 1 aromatic carbocycles. The van der Waals surface area contributed by atoms with Crippen LogP contribution in [-0.4, -0.2) is 9.13 Å². The molecule has 0 N–H and O–H groups in total. The molecule has 8 heteroatoms. The molecule has 9 rings (SSSR count). The van der Waals surface area contributed by atoms with Gasteiger partial charge in [-0.1, -0.05) is 0 Å². The van der Waals surface area contributed by atoms with Crippen molar-refractivity contribution in [1.29, 1.82) is 0 Å². The minimum absolute atomic E-state index is 1.01. The number of hydrogen-bond donors (Lipinski definition) is 0. The summed E-state index contributed by atoms with van der Waals surface area (Å²) in [6.07, 6.45) is 0. The van der Waals surface area contributed by atoms with Crippen LogP contribution in [0.3, 0.4) is 0 Å². The van der Waals surface area contributed by atoms with Crippen molar-refractivity contribution >= 4 is 129 Å². The number of aryl methyl sites for hydroxylation is 4. The average Bonchev–Trinajstić information content (AvgIpc) is 3.61. The van der Waals surface area contributed by atoms with Gasteiger partial charge in [0, 0.05) is 44.0 Å². The molecule has 0 atom stereocenters. The van der Waals surface area contributed by atoms with Crippen molar-refractivity contribution in [2.24, 2.45) is 14.1 Å². The van der Waals surface area contributed by atoms with Gasteiger partial charge in [0.2, 0.25) is 0 Å². The van der Waals surface area contributed by atoms with Crippen LogP contribution >= 0.6 is 45.3 Å². The van der Waals surface area contributed by atoms with Gasteiger partial charge in [-0.2, -0.15) is 0 Å². The molecule has 0 aliphatic rings. The summed E-state index contributed by atoms with van der Waals surface area (Å²) in [6.45, 7) is 4.32. The summed E-state index contributed by atoms with van der Waals surface area (Å²) in [7, 11) is 4.30. The number of furan rings is 2. The Labute approximate surface area is 207 Å². The van der Waals surface area contributed by atoms with Crippen molar-refractivity contribution in [2.45, 2.75) is 13.8 Å². The maximum absolute atomic E-state index is 6.57. The van der Waals surface area contributed by atoms with Crippen LogP contribution in [0, 0.1) is 13.8 Å². The van der Waals surface area contributed by atoms with E-state index in [0.717, 1.165) is 22.3 Å². The summed E-state index contributed by atoms with van der Waals surface area (Å²) < 4.78 is 25.2. The van der Waals surface area contributed by atoms with Gasteiger partial charge in [0.25, 0.3) is 0 Å². The first-order valence-electron chi connectivity index (χ1n) is 11.0. The van der Waals surface area contributed by atoms with Crippen molar-refractivity contribution in [2.75, 3.05) is 0 Å². The summed E-state index contributed by atoms with van der Waals surface area (Å²) >= 11 is 7.29. The lowest BCUT2D eigenvalue weighted by molar-refractivity contribution is 0.676. The quantitative estimate of drug-likeness (QED) is 0.201. The van der Waals surface area contributed by atoms with E-state index in [2.05, 4.69) is 61.3 Å². The van der Waals surface area contributed by atoms with Crippen molar-refractivity contribution in [1.82, 2.24) is 9.13 Å². The van der Waals surface area contributed by atoms with Crippen LogP contribution < -0.4 is 0 Å². The van der Waals surface area contributed by atoms with Gasteiger partial charge in [0.05, 0.1) is 29.8 Å².